The minimum absolute atomic E-state index is 0.711. The lowest BCUT2D eigenvalue weighted by atomic mass is 9.82. The van der Waals surface area contributed by atoms with Crippen molar-refractivity contribution in [3.63, 3.8) is 0 Å². The van der Waals surface area contributed by atoms with E-state index in [4.69, 9.17) is 4.74 Å². The first-order chi connectivity index (χ1) is 8.70. The van der Waals surface area contributed by atoms with Crippen molar-refractivity contribution < 1.29 is 4.74 Å². The van der Waals surface area contributed by atoms with Gasteiger partial charge < -0.3 is 10.1 Å². The molecule has 2 unspecified atom stereocenters. The second kappa shape index (κ2) is 6.69. The van der Waals surface area contributed by atoms with Crippen LogP contribution in [-0.4, -0.2) is 49.8 Å². The van der Waals surface area contributed by atoms with Crippen LogP contribution in [0.25, 0.3) is 0 Å². The third-order valence-electron chi connectivity index (χ3n) is 4.38. The Balaban J connectivity index is 1.79. The lowest BCUT2D eigenvalue weighted by Crippen LogP contribution is -2.56. The normalized spacial score (nSPS) is 32.4. The number of hydrogen-bond donors (Lipinski definition) is 1. The summed E-state index contributed by atoms with van der Waals surface area (Å²) in [4.78, 5) is 2.70. The molecule has 2 aliphatic heterocycles. The Morgan fingerprint density at radius 1 is 1.33 bits per heavy atom. The second-order valence-electron chi connectivity index (χ2n) is 5.94. The van der Waals surface area contributed by atoms with E-state index in [-0.39, 0.29) is 0 Å². The molecule has 2 heterocycles. The predicted octanol–water partition coefficient (Wildman–Crippen LogP) is 2.18. The lowest BCUT2D eigenvalue weighted by Gasteiger charge is -2.49. The number of rotatable bonds is 6. The van der Waals surface area contributed by atoms with Crippen LogP contribution in [0.2, 0.25) is 0 Å². The fourth-order valence-electron chi connectivity index (χ4n) is 3.50. The molecule has 18 heavy (non-hydrogen) atoms. The molecule has 3 nitrogen and oxygen atoms in total. The van der Waals surface area contributed by atoms with Gasteiger partial charge >= 0.3 is 0 Å². The molecule has 2 fully saturated rings. The van der Waals surface area contributed by atoms with Crippen LogP contribution in [-0.2, 0) is 4.74 Å². The van der Waals surface area contributed by atoms with Gasteiger partial charge in [0, 0.05) is 24.7 Å². The molecule has 0 aromatic heterocycles. The van der Waals surface area contributed by atoms with Crippen LogP contribution in [0.5, 0.6) is 0 Å². The highest BCUT2D eigenvalue weighted by atomic mass is 16.5. The first-order valence-electron chi connectivity index (χ1n) is 7.36. The number of piperidine rings is 2. The van der Waals surface area contributed by atoms with E-state index in [0.717, 1.165) is 36.9 Å². The summed E-state index contributed by atoms with van der Waals surface area (Å²) in [5.74, 6) is 0. The standard InChI is InChI=1S/C15H28N2O/c1-12(2)11-18-8-7-17-14-5-4-6-15(17)10-13(9-14)16-3/h13-16H,1,4-11H2,2-3H3. The molecular formula is C15H28N2O. The van der Waals surface area contributed by atoms with Crippen LogP contribution in [0.15, 0.2) is 12.2 Å². The first kappa shape index (κ1) is 14.0. The third kappa shape index (κ3) is 3.56. The molecule has 2 bridgehead atoms. The summed E-state index contributed by atoms with van der Waals surface area (Å²) >= 11 is 0. The Bertz CT molecular complexity index is 266. The summed E-state index contributed by atoms with van der Waals surface area (Å²) in [6.45, 7) is 8.55. The van der Waals surface area contributed by atoms with Crippen molar-refractivity contribution in [2.24, 2.45) is 0 Å². The second-order valence-corrected chi connectivity index (χ2v) is 5.94. The Kier molecular flexibility index (Phi) is 5.22. The van der Waals surface area contributed by atoms with E-state index < -0.39 is 0 Å². The van der Waals surface area contributed by atoms with Gasteiger partial charge in [-0.15, -0.1) is 0 Å². The molecule has 2 saturated heterocycles. The minimum Gasteiger partial charge on any atom is -0.376 e. The largest absolute Gasteiger partial charge is 0.376 e. The fourth-order valence-corrected chi connectivity index (χ4v) is 3.50. The maximum atomic E-state index is 5.66. The maximum Gasteiger partial charge on any atom is 0.0672 e. The highest BCUT2D eigenvalue weighted by molar-refractivity contribution is 4.94. The van der Waals surface area contributed by atoms with Gasteiger partial charge in [0.25, 0.3) is 0 Å². The van der Waals surface area contributed by atoms with E-state index in [0.29, 0.717) is 6.61 Å². The molecule has 2 rings (SSSR count). The molecule has 3 heteroatoms. The molecule has 0 amide bonds. The Morgan fingerprint density at radius 3 is 2.56 bits per heavy atom. The van der Waals surface area contributed by atoms with E-state index in [2.05, 4.69) is 23.8 Å². The molecule has 0 aromatic carbocycles. The van der Waals surface area contributed by atoms with Gasteiger partial charge in [0.2, 0.25) is 0 Å². The average Bonchev–Trinajstić information content (AvgIpc) is 2.33. The van der Waals surface area contributed by atoms with Crippen LogP contribution < -0.4 is 5.32 Å². The Hall–Kier alpha value is -0.380. The molecule has 2 aliphatic rings. The van der Waals surface area contributed by atoms with E-state index in [1.807, 2.05) is 6.92 Å². The van der Waals surface area contributed by atoms with Gasteiger partial charge in [-0.25, -0.2) is 0 Å². The molecular weight excluding hydrogens is 224 g/mol. The molecule has 0 radical (unpaired) electrons. The van der Waals surface area contributed by atoms with Crippen LogP contribution in [0.3, 0.4) is 0 Å². The topological polar surface area (TPSA) is 24.5 Å². The van der Waals surface area contributed by atoms with Crippen molar-refractivity contribution in [3.05, 3.63) is 12.2 Å². The number of fused-ring (bicyclic) bond motifs is 2. The Morgan fingerprint density at radius 2 is 2.00 bits per heavy atom. The van der Waals surface area contributed by atoms with Crippen molar-refractivity contribution in [2.45, 2.75) is 57.2 Å². The summed E-state index contributed by atoms with van der Waals surface area (Å²) in [5.41, 5.74) is 1.11. The zero-order valence-corrected chi connectivity index (χ0v) is 12.0. The smallest absolute Gasteiger partial charge is 0.0672 e. The summed E-state index contributed by atoms with van der Waals surface area (Å²) in [6.07, 6.45) is 6.78. The molecule has 104 valence electrons. The van der Waals surface area contributed by atoms with Gasteiger partial charge in [-0.05, 0) is 39.7 Å². The van der Waals surface area contributed by atoms with Crippen LogP contribution in [0.1, 0.15) is 39.0 Å². The Labute approximate surface area is 112 Å². The number of ether oxygens (including phenoxy) is 1. The van der Waals surface area contributed by atoms with E-state index in [1.54, 1.807) is 0 Å². The van der Waals surface area contributed by atoms with Crippen molar-refractivity contribution in [3.8, 4) is 0 Å². The SMILES string of the molecule is C=C(C)COCCN1C2CCCC1CC(NC)C2. The van der Waals surface area contributed by atoms with Crippen LogP contribution in [0.4, 0.5) is 0 Å². The average molecular weight is 252 g/mol. The van der Waals surface area contributed by atoms with E-state index >= 15 is 0 Å². The minimum atomic E-state index is 0.711. The molecule has 1 N–H and O–H groups in total. The number of nitrogens with one attached hydrogen (secondary N) is 1. The molecule has 0 aliphatic carbocycles. The zero-order valence-electron chi connectivity index (χ0n) is 12.0. The quantitative estimate of drug-likeness (QED) is 0.579. The number of nitrogens with zero attached hydrogens (tertiary/aromatic N) is 1. The van der Waals surface area contributed by atoms with Crippen molar-refractivity contribution in [1.82, 2.24) is 10.2 Å². The van der Waals surface area contributed by atoms with Gasteiger partial charge in [-0.1, -0.05) is 18.6 Å². The van der Waals surface area contributed by atoms with Gasteiger partial charge in [0.1, 0.15) is 0 Å². The van der Waals surface area contributed by atoms with Crippen molar-refractivity contribution >= 4 is 0 Å². The predicted molar refractivity (Wildman–Crippen MR) is 75.8 cm³/mol. The van der Waals surface area contributed by atoms with Crippen LogP contribution in [0, 0.1) is 0 Å². The molecule has 0 saturated carbocycles. The fraction of sp³-hybridized carbons (Fsp3) is 0.867. The van der Waals surface area contributed by atoms with Gasteiger partial charge in [0.15, 0.2) is 0 Å². The lowest BCUT2D eigenvalue weighted by molar-refractivity contribution is 0.00330. The zero-order chi connectivity index (χ0) is 13.0. The van der Waals surface area contributed by atoms with Gasteiger partial charge in [0.05, 0.1) is 13.2 Å². The van der Waals surface area contributed by atoms with Gasteiger partial charge in [-0.3, -0.25) is 4.90 Å². The molecule has 2 atom stereocenters. The number of hydrogen-bond acceptors (Lipinski definition) is 3. The first-order valence-corrected chi connectivity index (χ1v) is 7.36. The third-order valence-corrected chi connectivity index (χ3v) is 4.38. The van der Waals surface area contributed by atoms with E-state index in [1.165, 1.54) is 32.1 Å². The molecule has 0 spiro atoms. The summed E-state index contributed by atoms with van der Waals surface area (Å²) in [7, 11) is 2.10. The van der Waals surface area contributed by atoms with Crippen molar-refractivity contribution in [2.75, 3.05) is 26.8 Å². The highest BCUT2D eigenvalue weighted by Gasteiger charge is 2.37. The van der Waals surface area contributed by atoms with Gasteiger partial charge in [-0.2, -0.15) is 0 Å². The summed E-state index contributed by atoms with van der Waals surface area (Å²) < 4.78 is 5.66. The monoisotopic (exact) mass is 252 g/mol. The van der Waals surface area contributed by atoms with Crippen LogP contribution >= 0.6 is 0 Å². The highest BCUT2D eigenvalue weighted by Crippen LogP contribution is 2.33. The summed E-state index contributed by atoms with van der Waals surface area (Å²) in [6, 6.07) is 2.29. The summed E-state index contributed by atoms with van der Waals surface area (Å²) in [5, 5.41) is 3.47. The maximum absolute atomic E-state index is 5.66. The van der Waals surface area contributed by atoms with E-state index in [9.17, 15) is 0 Å². The molecule has 0 aromatic rings. The van der Waals surface area contributed by atoms with Crippen molar-refractivity contribution in [1.29, 1.82) is 0 Å².